The molecular formula is C83H161NO13. The van der Waals surface area contributed by atoms with Gasteiger partial charge >= 0.3 is 0 Å². The Hall–Kier alpha value is -1.27. The first-order valence-electron chi connectivity index (χ1n) is 42.4. The van der Waals surface area contributed by atoms with Crippen molar-refractivity contribution in [2.45, 2.75) is 492 Å². The Balaban J connectivity index is 1.58. The van der Waals surface area contributed by atoms with Crippen LogP contribution in [0.5, 0.6) is 0 Å². The fourth-order valence-corrected chi connectivity index (χ4v) is 14.5. The lowest BCUT2D eigenvalue weighted by Gasteiger charge is -2.46. The van der Waals surface area contributed by atoms with E-state index < -0.39 is 86.8 Å². The van der Waals surface area contributed by atoms with E-state index in [9.17, 15) is 45.6 Å². The quantitative estimate of drug-likeness (QED) is 0.0204. The Labute approximate surface area is 596 Å². The lowest BCUT2D eigenvalue weighted by atomic mass is 9.97. The minimum absolute atomic E-state index is 0.228. The summed E-state index contributed by atoms with van der Waals surface area (Å²) < 4.78 is 22.9. The summed E-state index contributed by atoms with van der Waals surface area (Å²) in [5.41, 5.74) is 0. The molecule has 12 atom stereocenters. The van der Waals surface area contributed by atoms with Crippen molar-refractivity contribution in [1.82, 2.24) is 5.32 Å². The summed E-state index contributed by atoms with van der Waals surface area (Å²) in [6.45, 7) is 2.89. The highest BCUT2D eigenvalue weighted by atomic mass is 16.7. The number of carbonyl (C=O) groups excluding carboxylic acids is 1. The number of hydrogen-bond acceptors (Lipinski definition) is 13. The second kappa shape index (κ2) is 67.9. The van der Waals surface area contributed by atoms with Gasteiger partial charge < -0.3 is 65.1 Å². The maximum Gasteiger partial charge on any atom is 0.220 e. The Kier molecular flexibility index (Phi) is 64.2. The molecule has 0 aromatic rings. The van der Waals surface area contributed by atoms with E-state index in [1.165, 1.54) is 353 Å². The van der Waals surface area contributed by atoms with E-state index in [4.69, 9.17) is 18.9 Å². The van der Waals surface area contributed by atoms with Crippen LogP contribution in [0, 0.1) is 0 Å². The van der Waals surface area contributed by atoms with Crippen LogP contribution in [0.3, 0.4) is 0 Å². The minimum Gasteiger partial charge on any atom is -0.394 e. The predicted octanol–water partition coefficient (Wildman–Crippen LogP) is 19.6. The Morgan fingerprint density at radius 1 is 0.361 bits per heavy atom. The van der Waals surface area contributed by atoms with Crippen LogP contribution in [0.1, 0.15) is 418 Å². The summed E-state index contributed by atoms with van der Waals surface area (Å²) in [6, 6.07) is -0.913. The van der Waals surface area contributed by atoms with Crippen molar-refractivity contribution >= 4 is 5.91 Å². The molecule has 0 spiro atoms. The topological polar surface area (TPSA) is 228 Å². The molecule has 12 unspecified atom stereocenters. The normalized spacial score (nSPS) is 22.1. The molecule has 14 heteroatoms. The average molecular weight is 1380 g/mol. The first kappa shape index (κ1) is 91.8. The summed E-state index contributed by atoms with van der Waals surface area (Å²) >= 11 is 0. The van der Waals surface area contributed by atoms with E-state index in [0.717, 1.165) is 44.9 Å². The van der Waals surface area contributed by atoms with E-state index in [0.29, 0.717) is 0 Å². The zero-order valence-corrected chi connectivity index (χ0v) is 63.4. The van der Waals surface area contributed by atoms with Crippen molar-refractivity contribution in [3.8, 4) is 0 Å². The highest BCUT2D eigenvalue weighted by molar-refractivity contribution is 5.76. The molecule has 0 aromatic carbocycles. The number of unbranched alkanes of at least 4 members (excludes halogenated alkanes) is 60. The van der Waals surface area contributed by atoms with Gasteiger partial charge in [-0.15, -0.1) is 0 Å². The van der Waals surface area contributed by atoms with Crippen LogP contribution in [-0.2, 0) is 23.7 Å². The third-order valence-electron chi connectivity index (χ3n) is 21.2. The second-order valence-corrected chi connectivity index (χ2v) is 30.3. The van der Waals surface area contributed by atoms with Crippen molar-refractivity contribution in [1.29, 1.82) is 0 Å². The maximum absolute atomic E-state index is 13.4. The van der Waals surface area contributed by atoms with Crippen LogP contribution >= 0.6 is 0 Å². The van der Waals surface area contributed by atoms with E-state index in [1.807, 2.05) is 6.08 Å². The van der Waals surface area contributed by atoms with Gasteiger partial charge in [0, 0.05) is 6.42 Å². The number of allylic oxidation sites excluding steroid dienone is 1. The van der Waals surface area contributed by atoms with Gasteiger partial charge in [0.15, 0.2) is 12.6 Å². The third-order valence-corrected chi connectivity index (χ3v) is 21.2. The van der Waals surface area contributed by atoms with Crippen LogP contribution in [0.15, 0.2) is 12.2 Å². The number of carbonyl (C=O) groups is 1. The summed E-state index contributed by atoms with van der Waals surface area (Å²) in [5.74, 6) is -0.228. The fourth-order valence-electron chi connectivity index (χ4n) is 14.5. The molecule has 14 nitrogen and oxygen atoms in total. The molecule has 0 aliphatic carbocycles. The molecule has 2 aliphatic rings. The fraction of sp³-hybridized carbons (Fsp3) is 0.964. The van der Waals surface area contributed by atoms with Crippen LogP contribution < -0.4 is 5.32 Å². The van der Waals surface area contributed by atoms with Gasteiger partial charge in [-0.2, -0.15) is 0 Å². The largest absolute Gasteiger partial charge is 0.394 e. The second-order valence-electron chi connectivity index (χ2n) is 30.3. The van der Waals surface area contributed by atoms with Crippen molar-refractivity contribution in [3.05, 3.63) is 12.2 Å². The zero-order valence-electron chi connectivity index (χ0n) is 63.4. The third kappa shape index (κ3) is 50.7. The lowest BCUT2D eigenvalue weighted by Crippen LogP contribution is -2.65. The Morgan fingerprint density at radius 3 is 0.948 bits per heavy atom. The number of nitrogens with one attached hydrogen (secondary N) is 1. The van der Waals surface area contributed by atoms with E-state index in [1.54, 1.807) is 6.08 Å². The van der Waals surface area contributed by atoms with Gasteiger partial charge in [-0.1, -0.05) is 405 Å². The van der Waals surface area contributed by atoms with Crippen molar-refractivity contribution in [2.75, 3.05) is 19.8 Å². The molecule has 2 fully saturated rings. The molecule has 0 aromatic heterocycles. The highest BCUT2D eigenvalue weighted by Crippen LogP contribution is 2.31. The van der Waals surface area contributed by atoms with Crippen LogP contribution in [-0.4, -0.2) is 140 Å². The van der Waals surface area contributed by atoms with E-state index >= 15 is 0 Å². The van der Waals surface area contributed by atoms with Gasteiger partial charge in [-0.25, -0.2) is 0 Å². The molecule has 97 heavy (non-hydrogen) atoms. The van der Waals surface area contributed by atoms with Crippen LogP contribution in [0.25, 0.3) is 0 Å². The van der Waals surface area contributed by atoms with Crippen molar-refractivity contribution in [2.24, 2.45) is 0 Å². The monoisotopic (exact) mass is 1380 g/mol. The number of hydrogen-bond donors (Lipinski definition) is 9. The standard InChI is InChI=1S/C83H161NO13/c1-3-5-7-9-11-13-15-17-19-21-23-25-27-29-31-33-34-35-36-37-38-39-41-43-45-47-49-51-53-55-57-59-61-63-65-67-75(88)84-71(70-94-82-80(93)78(91)81(74(69-86)96-82)97-83-79(92)77(90)76(89)73(68-85)95-83)72(87)66-64-62-60-58-56-54-52-50-48-46-44-42-40-32-30-28-26-24-22-20-18-16-14-12-10-8-6-4-2/h64,66,71-74,76-83,85-87,89-93H,3-63,65,67-70H2,1-2H3,(H,84,88)/b66-64+. The highest BCUT2D eigenvalue weighted by Gasteiger charge is 2.51. The molecular weight excluding hydrogens is 1220 g/mol. The Morgan fingerprint density at radius 2 is 0.639 bits per heavy atom. The van der Waals surface area contributed by atoms with Crippen molar-refractivity contribution in [3.63, 3.8) is 0 Å². The summed E-state index contributed by atoms with van der Waals surface area (Å²) in [6.07, 6.45) is 70.3. The smallest absolute Gasteiger partial charge is 0.220 e. The zero-order chi connectivity index (χ0) is 70.1. The van der Waals surface area contributed by atoms with E-state index in [2.05, 4.69) is 19.2 Å². The molecule has 2 saturated heterocycles. The van der Waals surface area contributed by atoms with Crippen LogP contribution in [0.2, 0.25) is 0 Å². The molecule has 576 valence electrons. The van der Waals surface area contributed by atoms with Crippen LogP contribution in [0.4, 0.5) is 0 Å². The van der Waals surface area contributed by atoms with Gasteiger partial charge in [0.2, 0.25) is 5.91 Å². The van der Waals surface area contributed by atoms with Gasteiger partial charge in [-0.05, 0) is 19.3 Å². The first-order valence-corrected chi connectivity index (χ1v) is 42.4. The summed E-state index contributed by atoms with van der Waals surface area (Å²) in [4.78, 5) is 13.4. The molecule has 2 rings (SSSR count). The van der Waals surface area contributed by atoms with Gasteiger partial charge in [0.05, 0.1) is 32.0 Å². The number of rotatable bonds is 73. The molecule has 0 bridgehead atoms. The predicted molar refractivity (Wildman–Crippen MR) is 402 cm³/mol. The SMILES string of the molecule is CCCCCCCCCCCCCCCCCCCCCCCCCCCC/C=C/C(O)C(COC1OC(CO)C(OC2OC(CO)C(O)C(O)C2O)C(O)C1O)NC(=O)CCCCCCCCCCCCCCCCCCCCCCCCCCCCCCCCCCCCC. The molecule has 9 N–H and O–H groups in total. The number of aliphatic hydroxyl groups excluding tert-OH is 8. The molecule has 2 aliphatic heterocycles. The molecule has 0 radical (unpaired) electrons. The number of amides is 1. The number of aliphatic hydroxyl groups is 8. The van der Waals surface area contributed by atoms with Gasteiger partial charge in [0.25, 0.3) is 0 Å². The Bertz CT molecular complexity index is 1680. The number of ether oxygens (including phenoxy) is 4. The van der Waals surface area contributed by atoms with Gasteiger partial charge in [0.1, 0.15) is 48.8 Å². The molecule has 2 heterocycles. The lowest BCUT2D eigenvalue weighted by molar-refractivity contribution is -0.359. The van der Waals surface area contributed by atoms with Gasteiger partial charge in [-0.3, -0.25) is 4.79 Å². The minimum atomic E-state index is -1.79. The summed E-state index contributed by atoms with van der Waals surface area (Å²) in [5, 5.41) is 87.8. The maximum atomic E-state index is 13.4. The first-order chi connectivity index (χ1) is 47.6. The van der Waals surface area contributed by atoms with E-state index in [-0.39, 0.29) is 18.9 Å². The molecule has 0 saturated carbocycles. The van der Waals surface area contributed by atoms with Crippen molar-refractivity contribution < 1.29 is 64.6 Å². The average Bonchev–Trinajstić information content (AvgIpc) is 0.793. The molecule has 1 amide bonds. The summed E-state index contributed by atoms with van der Waals surface area (Å²) in [7, 11) is 0.